The molecule has 0 bridgehead atoms. The lowest BCUT2D eigenvalue weighted by molar-refractivity contribution is 0.194. The first-order chi connectivity index (χ1) is 17.0. The van der Waals surface area contributed by atoms with Crippen molar-refractivity contribution in [2.45, 2.75) is 45.2 Å². The molecule has 0 saturated heterocycles. The van der Waals surface area contributed by atoms with E-state index in [1.54, 1.807) is 12.1 Å². The highest BCUT2D eigenvalue weighted by Crippen LogP contribution is 2.44. The molecule has 0 spiro atoms. The molecule has 2 aromatic heterocycles. The zero-order chi connectivity index (χ0) is 24.1. The van der Waals surface area contributed by atoms with E-state index >= 15 is 0 Å². The van der Waals surface area contributed by atoms with Crippen LogP contribution in [0.4, 0.5) is 14.9 Å². The molecule has 2 aromatic carbocycles. The van der Waals surface area contributed by atoms with E-state index in [0.29, 0.717) is 17.3 Å². The predicted octanol–water partition coefficient (Wildman–Crippen LogP) is 7.66. The monoisotopic (exact) mass is 505 g/mol. The molecule has 35 heavy (non-hydrogen) atoms. The average molecular weight is 506 g/mol. The van der Waals surface area contributed by atoms with Gasteiger partial charge in [0.2, 0.25) is 0 Å². The third-order valence-electron chi connectivity index (χ3n) is 7.13. The van der Waals surface area contributed by atoms with Crippen LogP contribution in [-0.2, 0) is 19.4 Å². The van der Waals surface area contributed by atoms with Gasteiger partial charge in [0.05, 0.1) is 18.3 Å². The summed E-state index contributed by atoms with van der Waals surface area (Å²) < 4.78 is 16.1. The summed E-state index contributed by atoms with van der Waals surface area (Å²) in [7, 11) is 0. The third-order valence-corrected chi connectivity index (χ3v) is 8.88. The lowest BCUT2D eigenvalue weighted by Gasteiger charge is -2.31. The minimum Gasteiger partial charge on any atom is -0.310 e. The molecule has 1 aliphatic carbocycles. The van der Waals surface area contributed by atoms with Crippen molar-refractivity contribution < 1.29 is 9.18 Å². The highest BCUT2D eigenvalue weighted by atomic mass is 35.5. The molecule has 0 fully saturated rings. The van der Waals surface area contributed by atoms with E-state index < -0.39 is 0 Å². The summed E-state index contributed by atoms with van der Waals surface area (Å²) in [5.74, 6) is -0.295. The number of anilines is 1. The summed E-state index contributed by atoms with van der Waals surface area (Å²) in [5.41, 5.74) is 6.00. The fourth-order valence-corrected chi connectivity index (χ4v) is 6.89. The van der Waals surface area contributed by atoms with Gasteiger partial charge in [-0.3, -0.25) is 0 Å². The Labute approximate surface area is 213 Å². The van der Waals surface area contributed by atoms with Crippen molar-refractivity contribution in [1.82, 2.24) is 9.47 Å². The topological polar surface area (TPSA) is 37.3 Å². The number of amides is 2. The molecule has 2 aliphatic rings. The molecule has 1 atom stereocenters. The lowest BCUT2D eigenvalue weighted by atomic mass is 9.95. The first kappa shape index (κ1) is 22.4. The number of hydrogen-bond donors (Lipinski definition) is 1. The van der Waals surface area contributed by atoms with Gasteiger partial charge in [-0.1, -0.05) is 29.8 Å². The van der Waals surface area contributed by atoms with E-state index in [9.17, 15) is 9.18 Å². The number of aromatic nitrogens is 1. The Morgan fingerprint density at radius 3 is 2.69 bits per heavy atom. The number of benzene rings is 2. The van der Waals surface area contributed by atoms with Crippen molar-refractivity contribution >= 4 is 34.7 Å². The van der Waals surface area contributed by atoms with Gasteiger partial charge in [-0.05, 0) is 85.7 Å². The van der Waals surface area contributed by atoms with Crippen LogP contribution >= 0.6 is 22.9 Å². The average Bonchev–Trinajstić information content (AvgIpc) is 3.45. The number of hydrogen-bond acceptors (Lipinski definition) is 2. The van der Waals surface area contributed by atoms with Crippen LogP contribution in [0.5, 0.6) is 0 Å². The van der Waals surface area contributed by atoms with E-state index in [1.807, 2.05) is 47.4 Å². The van der Waals surface area contributed by atoms with Gasteiger partial charge in [0.25, 0.3) is 0 Å². The Morgan fingerprint density at radius 1 is 1.06 bits per heavy atom. The summed E-state index contributed by atoms with van der Waals surface area (Å²) >= 11 is 8.18. The highest BCUT2D eigenvalue weighted by Gasteiger charge is 2.36. The molecule has 1 N–H and O–H groups in total. The molecular formula is C28H25ClFN3OS. The molecular weight excluding hydrogens is 481 g/mol. The minimum atomic E-state index is -0.371. The summed E-state index contributed by atoms with van der Waals surface area (Å²) in [5, 5.41) is 4.91. The van der Waals surface area contributed by atoms with Crippen molar-refractivity contribution in [2.75, 3.05) is 5.32 Å². The fourth-order valence-electron chi connectivity index (χ4n) is 5.31. The van der Waals surface area contributed by atoms with Gasteiger partial charge in [-0.15, -0.1) is 11.3 Å². The van der Waals surface area contributed by atoms with Gasteiger partial charge in [0.15, 0.2) is 0 Å². The first-order valence-corrected chi connectivity index (χ1v) is 13.1. The normalized spacial score (nSPS) is 16.8. The van der Waals surface area contributed by atoms with Crippen LogP contribution in [0.25, 0.3) is 5.00 Å². The first-order valence-electron chi connectivity index (χ1n) is 11.9. The second-order valence-electron chi connectivity index (χ2n) is 9.22. The fraction of sp³-hybridized carbons (Fsp3) is 0.250. The maximum absolute atomic E-state index is 14.0. The van der Waals surface area contributed by atoms with Crippen molar-refractivity contribution in [3.8, 4) is 5.00 Å². The number of fused-ring (bicyclic) bond motifs is 5. The van der Waals surface area contributed by atoms with Crippen LogP contribution in [0.2, 0.25) is 5.02 Å². The quantitative estimate of drug-likeness (QED) is 0.298. The maximum atomic E-state index is 14.0. The largest absolute Gasteiger partial charge is 0.322 e. The molecule has 1 aliphatic heterocycles. The van der Waals surface area contributed by atoms with E-state index in [4.69, 9.17) is 11.6 Å². The molecule has 0 saturated carbocycles. The number of aryl methyl sites for hydroxylation is 1. The minimum absolute atomic E-state index is 0.207. The molecule has 6 rings (SSSR count). The van der Waals surface area contributed by atoms with Crippen LogP contribution in [0.3, 0.4) is 0 Å². The van der Waals surface area contributed by atoms with Crippen LogP contribution in [0, 0.1) is 12.7 Å². The molecule has 2 amide bonds. The van der Waals surface area contributed by atoms with Crippen LogP contribution in [0.15, 0.2) is 60.8 Å². The second-order valence-corrected chi connectivity index (χ2v) is 10.7. The number of halogens is 2. The van der Waals surface area contributed by atoms with E-state index in [0.717, 1.165) is 29.7 Å². The summed E-state index contributed by atoms with van der Waals surface area (Å²) in [6.45, 7) is 2.38. The third kappa shape index (κ3) is 3.85. The number of rotatable bonds is 2. The zero-order valence-electron chi connectivity index (χ0n) is 19.4. The Morgan fingerprint density at radius 2 is 1.86 bits per heavy atom. The second kappa shape index (κ2) is 8.85. The number of carbonyl (C=O) groups is 1. The van der Waals surface area contributed by atoms with Gasteiger partial charge in [-0.2, -0.15) is 0 Å². The van der Waals surface area contributed by atoms with Gasteiger partial charge in [0, 0.05) is 27.3 Å². The number of thiophene rings is 1. The molecule has 3 heterocycles. The summed E-state index contributed by atoms with van der Waals surface area (Å²) in [6, 6.07) is 15.5. The van der Waals surface area contributed by atoms with Crippen molar-refractivity contribution in [2.24, 2.45) is 0 Å². The van der Waals surface area contributed by atoms with Gasteiger partial charge >= 0.3 is 6.03 Å². The van der Waals surface area contributed by atoms with E-state index in [1.165, 1.54) is 46.0 Å². The van der Waals surface area contributed by atoms with E-state index in [-0.39, 0.29) is 17.9 Å². The number of nitrogens with zero attached hydrogens (tertiary/aromatic N) is 2. The number of carbonyl (C=O) groups excluding carboxylic acids is 1. The Hall–Kier alpha value is -3.09. The van der Waals surface area contributed by atoms with Crippen LogP contribution < -0.4 is 5.32 Å². The number of nitrogens with one attached hydrogen (secondary N) is 1. The molecule has 7 heteroatoms. The smallest absolute Gasteiger partial charge is 0.310 e. The van der Waals surface area contributed by atoms with Gasteiger partial charge in [0.1, 0.15) is 10.8 Å². The van der Waals surface area contributed by atoms with Gasteiger partial charge in [-0.25, -0.2) is 9.18 Å². The van der Waals surface area contributed by atoms with Crippen molar-refractivity contribution in [3.05, 3.63) is 104 Å². The summed E-state index contributed by atoms with van der Waals surface area (Å²) in [6.07, 6.45) is 6.60. The number of urea groups is 1. The van der Waals surface area contributed by atoms with Crippen molar-refractivity contribution in [3.63, 3.8) is 0 Å². The van der Waals surface area contributed by atoms with Gasteiger partial charge < -0.3 is 14.8 Å². The molecule has 4 nitrogen and oxygen atoms in total. The lowest BCUT2D eigenvalue weighted by Crippen LogP contribution is -2.38. The van der Waals surface area contributed by atoms with Crippen LogP contribution in [-0.4, -0.2) is 15.5 Å². The highest BCUT2D eigenvalue weighted by molar-refractivity contribution is 7.15. The molecule has 4 aromatic rings. The SMILES string of the molecule is Cc1c(Cl)cccc1NC(=O)N1Cc2c(sc3c2CCCC3)-n2cccc2[C@@H]1c1ccc(F)cc1. The molecule has 178 valence electrons. The molecule has 0 unspecified atom stereocenters. The Kier molecular flexibility index (Phi) is 5.66. The standard InChI is InChI=1S/C28H25ClFN3OS/c1-17-22(29)7-4-8-23(17)31-28(34)33-16-21-20-6-2-3-10-25(20)35-27(21)32-15-5-9-24(32)26(33)18-11-13-19(30)14-12-18/h4-5,7-9,11-15,26H,2-3,6,10,16H2,1H3,(H,31,34)/t26-/m0/s1. The Bertz CT molecular complexity index is 1420. The van der Waals surface area contributed by atoms with Crippen LogP contribution in [0.1, 0.15) is 51.7 Å². The Balaban J connectivity index is 1.50. The van der Waals surface area contributed by atoms with E-state index in [2.05, 4.69) is 22.1 Å². The predicted molar refractivity (Wildman–Crippen MR) is 139 cm³/mol. The zero-order valence-corrected chi connectivity index (χ0v) is 20.9. The summed E-state index contributed by atoms with van der Waals surface area (Å²) in [4.78, 5) is 17.3. The maximum Gasteiger partial charge on any atom is 0.322 e. The molecule has 0 radical (unpaired) electrons. The van der Waals surface area contributed by atoms with Crippen molar-refractivity contribution in [1.29, 1.82) is 0 Å².